The van der Waals surface area contributed by atoms with E-state index in [9.17, 15) is 14.6 Å². The summed E-state index contributed by atoms with van der Waals surface area (Å²) in [6, 6.07) is 5.59. The van der Waals surface area contributed by atoms with Crippen LogP contribution in [0.25, 0.3) is 32.9 Å². The molecule has 0 amide bonds. The standard InChI is InChI=1S/C45H55F2N7O3/c1-3-33-36(46)6-5-31-23-32(55)24-34(37(31)33)39-38(47)40-35(25-49-39)41(54-18-4-9-43(2,56)27-54)51-42(50-40)57-29-45(12-13-45)28-53-21-19-52(20-22-53)26-30-7-10-44(11-8-30)14-16-48-17-15-44/h1,5-6,23-25,30,48,55-56H,4,7-22,26-29H2,2H3/t43-/m1/s1. The van der Waals surface area contributed by atoms with Crippen LogP contribution in [0.5, 0.6) is 11.8 Å². The van der Waals surface area contributed by atoms with Gasteiger partial charge in [0.15, 0.2) is 5.82 Å². The van der Waals surface area contributed by atoms with E-state index in [2.05, 4.69) is 31.0 Å². The number of piperidine rings is 2. The summed E-state index contributed by atoms with van der Waals surface area (Å²) in [6.07, 6.45) is 18.9. The van der Waals surface area contributed by atoms with E-state index < -0.39 is 17.2 Å². The SMILES string of the molecule is C#Cc1c(F)ccc2cc(O)cc(-c3ncc4c(N5CCC[C@@](C)(O)C5)nc(OCC5(CN6CCN(CC7CCC8(CCNCC8)CC7)CC6)CC5)nc4c3F)c12. The van der Waals surface area contributed by atoms with E-state index in [0.717, 1.165) is 57.9 Å². The molecule has 57 heavy (non-hydrogen) atoms. The number of benzene rings is 2. The average Bonchev–Trinajstić information content (AvgIpc) is 3.98. The maximum absolute atomic E-state index is 17.0. The smallest absolute Gasteiger partial charge is 0.319 e. The van der Waals surface area contributed by atoms with Gasteiger partial charge in [-0.3, -0.25) is 4.98 Å². The normalized spacial score (nSPS) is 24.2. The third-order valence-electron chi connectivity index (χ3n) is 13.9. The summed E-state index contributed by atoms with van der Waals surface area (Å²) in [5.41, 5.74) is -0.379. The van der Waals surface area contributed by atoms with Gasteiger partial charge in [-0.15, -0.1) is 6.42 Å². The fraction of sp³-hybridized carbons (Fsp3) is 0.578. The van der Waals surface area contributed by atoms with E-state index in [1.165, 1.54) is 88.6 Å². The number of nitrogens with zero attached hydrogens (tertiary/aromatic N) is 6. The Kier molecular flexibility index (Phi) is 10.2. The van der Waals surface area contributed by atoms with Crippen molar-refractivity contribution in [2.45, 2.75) is 76.7 Å². The minimum atomic E-state index is -0.952. The quantitative estimate of drug-likeness (QED) is 0.163. The summed E-state index contributed by atoms with van der Waals surface area (Å²) in [5.74, 6) is 2.13. The minimum absolute atomic E-state index is 0.00905. The lowest BCUT2D eigenvalue weighted by Gasteiger charge is -2.45. The fourth-order valence-corrected chi connectivity index (χ4v) is 10.3. The molecule has 9 rings (SSSR count). The highest BCUT2D eigenvalue weighted by atomic mass is 19.1. The number of aliphatic hydroxyl groups is 1. The predicted octanol–water partition coefficient (Wildman–Crippen LogP) is 6.50. The van der Waals surface area contributed by atoms with E-state index in [0.29, 0.717) is 48.1 Å². The van der Waals surface area contributed by atoms with Crippen molar-refractivity contribution in [2.24, 2.45) is 16.7 Å². The Morgan fingerprint density at radius 1 is 0.965 bits per heavy atom. The number of fused-ring (bicyclic) bond motifs is 2. The van der Waals surface area contributed by atoms with Crippen molar-refractivity contribution in [3.05, 3.63) is 47.7 Å². The fourth-order valence-electron chi connectivity index (χ4n) is 10.3. The van der Waals surface area contributed by atoms with Crippen LogP contribution in [-0.4, -0.2) is 113 Å². The molecule has 5 heterocycles. The molecule has 12 heteroatoms. The first kappa shape index (κ1) is 38.4. The molecule has 3 N–H and O–H groups in total. The first-order chi connectivity index (χ1) is 27.5. The summed E-state index contributed by atoms with van der Waals surface area (Å²) >= 11 is 0. The van der Waals surface area contributed by atoms with Crippen LogP contribution in [0.1, 0.15) is 76.7 Å². The number of aromatic hydroxyl groups is 1. The molecule has 5 fully saturated rings. The summed E-state index contributed by atoms with van der Waals surface area (Å²) in [7, 11) is 0. The lowest BCUT2D eigenvalue weighted by Crippen LogP contribution is -2.50. The molecule has 1 atom stereocenters. The lowest BCUT2D eigenvalue weighted by atomic mass is 9.65. The zero-order chi connectivity index (χ0) is 39.4. The molecule has 0 unspecified atom stereocenters. The van der Waals surface area contributed by atoms with Gasteiger partial charge in [0.25, 0.3) is 0 Å². The number of phenolic OH excluding ortho intramolecular Hbond substituents is 1. The molecule has 302 valence electrons. The molecule has 10 nitrogen and oxygen atoms in total. The lowest BCUT2D eigenvalue weighted by molar-refractivity contribution is 0.0447. The summed E-state index contributed by atoms with van der Waals surface area (Å²) < 4.78 is 38.3. The Labute approximate surface area is 334 Å². The number of hydrogen-bond donors (Lipinski definition) is 3. The second kappa shape index (κ2) is 15.2. The number of rotatable bonds is 9. The number of aromatic nitrogens is 3. The molecule has 3 saturated heterocycles. The van der Waals surface area contributed by atoms with Gasteiger partial charge in [0, 0.05) is 74.9 Å². The highest BCUT2D eigenvalue weighted by Gasteiger charge is 2.46. The van der Waals surface area contributed by atoms with Crippen LogP contribution in [-0.2, 0) is 0 Å². The second-order valence-electron chi connectivity index (χ2n) is 18.3. The molecular weight excluding hydrogens is 725 g/mol. The van der Waals surface area contributed by atoms with Gasteiger partial charge in [-0.05, 0) is 119 Å². The number of ether oxygens (including phenoxy) is 1. The van der Waals surface area contributed by atoms with Crippen LogP contribution in [0.2, 0.25) is 0 Å². The van der Waals surface area contributed by atoms with Crippen molar-refractivity contribution in [2.75, 3.05) is 77.0 Å². The van der Waals surface area contributed by atoms with E-state index in [-0.39, 0.29) is 44.9 Å². The number of anilines is 1. The van der Waals surface area contributed by atoms with E-state index in [1.54, 1.807) is 6.92 Å². The Morgan fingerprint density at radius 2 is 1.72 bits per heavy atom. The Hall–Kier alpha value is -4.15. The number of halogens is 2. The topological polar surface area (TPSA) is 110 Å². The van der Waals surface area contributed by atoms with Gasteiger partial charge in [-0.25, -0.2) is 8.78 Å². The van der Waals surface area contributed by atoms with Gasteiger partial charge in [0.05, 0.1) is 23.2 Å². The summed E-state index contributed by atoms with van der Waals surface area (Å²) in [4.78, 5) is 21.2. The number of β-amino-alcohol motifs (C(OH)–C–C–N with tert-alkyl or cyclic N) is 1. The van der Waals surface area contributed by atoms with E-state index in [4.69, 9.17) is 16.1 Å². The van der Waals surface area contributed by atoms with Gasteiger partial charge < -0.3 is 35.0 Å². The molecule has 5 aliphatic rings. The molecular formula is C45H55F2N7O3. The predicted molar refractivity (Wildman–Crippen MR) is 218 cm³/mol. The Bertz CT molecular complexity index is 2180. The third kappa shape index (κ3) is 7.88. The highest BCUT2D eigenvalue weighted by molar-refractivity contribution is 6.03. The van der Waals surface area contributed by atoms with Crippen LogP contribution in [0.3, 0.4) is 0 Å². The number of phenols is 1. The second-order valence-corrected chi connectivity index (χ2v) is 18.3. The first-order valence-electron chi connectivity index (χ1n) is 21.1. The van der Waals surface area contributed by atoms with Gasteiger partial charge in [-0.1, -0.05) is 12.0 Å². The van der Waals surface area contributed by atoms with Crippen molar-refractivity contribution in [1.29, 1.82) is 0 Å². The average molecular weight is 780 g/mol. The van der Waals surface area contributed by atoms with Crippen LogP contribution in [0, 0.1) is 40.7 Å². The van der Waals surface area contributed by atoms with Gasteiger partial charge in [-0.2, -0.15) is 9.97 Å². The molecule has 2 aliphatic carbocycles. The Balaban J connectivity index is 0.928. The zero-order valence-corrected chi connectivity index (χ0v) is 33.1. The van der Waals surface area contributed by atoms with Gasteiger partial charge in [0.2, 0.25) is 0 Å². The molecule has 1 spiro atoms. The third-order valence-corrected chi connectivity index (χ3v) is 13.9. The molecule has 4 aromatic rings. The molecule has 0 radical (unpaired) electrons. The van der Waals surface area contributed by atoms with Crippen molar-refractivity contribution in [1.82, 2.24) is 30.1 Å². The van der Waals surface area contributed by atoms with Crippen LogP contribution < -0.4 is 15.0 Å². The molecule has 0 bridgehead atoms. The van der Waals surface area contributed by atoms with Crippen molar-refractivity contribution < 1.29 is 23.7 Å². The maximum Gasteiger partial charge on any atom is 0.319 e. The monoisotopic (exact) mass is 779 g/mol. The highest BCUT2D eigenvalue weighted by Crippen LogP contribution is 2.48. The summed E-state index contributed by atoms with van der Waals surface area (Å²) in [6.45, 7) is 12.0. The van der Waals surface area contributed by atoms with Gasteiger partial charge >= 0.3 is 6.01 Å². The van der Waals surface area contributed by atoms with E-state index in [1.807, 2.05) is 4.90 Å². The molecule has 2 aromatic carbocycles. The molecule has 3 aliphatic heterocycles. The van der Waals surface area contributed by atoms with Crippen molar-refractivity contribution in [3.63, 3.8) is 0 Å². The molecule has 2 aromatic heterocycles. The van der Waals surface area contributed by atoms with Crippen molar-refractivity contribution in [3.8, 4) is 35.4 Å². The zero-order valence-electron chi connectivity index (χ0n) is 33.1. The maximum atomic E-state index is 17.0. The largest absolute Gasteiger partial charge is 0.508 e. The van der Waals surface area contributed by atoms with Gasteiger partial charge in [0.1, 0.15) is 28.6 Å². The van der Waals surface area contributed by atoms with Crippen LogP contribution in [0.15, 0.2) is 30.5 Å². The number of nitrogens with one attached hydrogen (secondary N) is 1. The Morgan fingerprint density at radius 3 is 2.44 bits per heavy atom. The number of piperazine rings is 1. The minimum Gasteiger partial charge on any atom is -0.508 e. The van der Waals surface area contributed by atoms with Crippen LogP contribution >= 0.6 is 0 Å². The van der Waals surface area contributed by atoms with E-state index >= 15 is 4.39 Å². The number of terminal acetylenes is 1. The molecule has 2 saturated carbocycles. The van der Waals surface area contributed by atoms with Crippen molar-refractivity contribution >= 4 is 27.5 Å². The summed E-state index contributed by atoms with van der Waals surface area (Å²) in [5, 5.41) is 26.3. The number of hydrogen-bond acceptors (Lipinski definition) is 10. The first-order valence-corrected chi connectivity index (χ1v) is 21.1. The number of pyridine rings is 1. The van der Waals surface area contributed by atoms with Crippen LogP contribution in [0.4, 0.5) is 14.6 Å².